The number of aromatic nitrogens is 1. The van der Waals surface area contributed by atoms with Crippen LogP contribution in [-0.2, 0) is 6.54 Å². The number of benzene rings is 1. The smallest absolute Gasteiger partial charge is 0.0499 e. The second kappa shape index (κ2) is 6.05. The highest BCUT2D eigenvalue weighted by atomic mass is 14.9. The van der Waals surface area contributed by atoms with E-state index in [1.54, 1.807) is 0 Å². The molecule has 0 fully saturated rings. The van der Waals surface area contributed by atoms with E-state index in [0.29, 0.717) is 6.04 Å². The normalized spacial score (nSPS) is 13.3. The van der Waals surface area contributed by atoms with Crippen molar-refractivity contribution in [2.24, 2.45) is 5.92 Å². The fourth-order valence-electron chi connectivity index (χ4n) is 2.27. The van der Waals surface area contributed by atoms with Crippen molar-refractivity contribution >= 4 is 10.9 Å². The van der Waals surface area contributed by atoms with Gasteiger partial charge in [0.2, 0.25) is 0 Å². The van der Waals surface area contributed by atoms with Crippen LogP contribution in [0.3, 0.4) is 0 Å². The molecule has 0 spiro atoms. The van der Waals surface area contributed by atoms with E-state index in [-0.39, 0.29) is 0 Å². The predicted octanol–water partition coefficient (Wildman–Crippen LogP) is 4.08. The van der Waals surface area contributed by atoms with Gasteiger partial charge in [0.05, 0.1) is 0 Å². The molecule has 2 nitrogen and oxygen atoms in total. The molecule has 2 heteroatoms. The van der Waals surface area contributed by atoms with Crippen LogP contribution in [0.5, 0.6) is 0 Å². The number of nitrogens with one attached hydrogen (secondary N) is 2. The highest BCUT2D eigenvalue weighted by molar-refractivity contribution is 5.82. The van der Waals surface area contributed by atoms with E-state index in [4.69, 9.17) is 0 Å². The lowest BCUT2D eigenvalue weighted by Crippen LogP contribution is -2.25. The number of fused-ring (bicyclic) bond motifs is 1. The first-order chi connectivity index (χ1) is 8.66. The first-order valence-electron chi connectivity index (χ1n) is 6.95. The maximum atomic E-state index is 3.62. The van der Waals surface area contributed by atoms with Crippen LogP contribution < -0.4 is 5.32 Å². The van der Waals surface area contributed by atoms with E-state index in [1.807, 2.05) is 6.20 Å². The third-order valence-electron chi connectivity index (χ3n) is 3.49. The average Bonchev–Trinajstić information content (AvgIpc) is 2.82. The lowest BCUT2D eigenvalue weighted by Gasteiger charge is -2.15. The number of para-hydroxylation sites is 1. The van der Waals surface area contributed by atoms with E-state index >= 15 is 0 Å². The summed E-state index contributed by atoms with van der Waals surface area (Å²) in [7, 11) is 0. The quantitative estimate of drug-likeness (QED) is 0.787. The van der Waals surface area contributed by atoms with Gasteiger partial charge in [0.15, 0.2) is 0 Å². The van der Waals surface area contributed by atoms with E-state index in [9.17, 15) is 0 Å². The highest BCUT2D eigenvalue weighted by Crippen LogP contribution is 2.17. The zero-order valence-corrected chi connectivity index (χ0v) is 11.7. The van der Waals surface area contributed by atoms with E-state index < -0.39 is 0 Å². The molecule has 0 amide bonds. The summed E-state index contributed by atoms with van der Waals surface area (Å²) < 4.78 is 0. The number of rotatable bonds is 6. The molecule has 1 aromatic carbocycles. The average molecular weight is 244 g/mol. The molecule has 2 rings (SSSR count). The van der Waals surface area contributed by atoms with E-state index in [0.717, 1.165) is 12.5 Å². The Kier molecular flexibility index (Phi) is 4.43. The Morgan fingerprint density at radius 2 is 1.94 bits per heavy atom. The summed E-state index contributed by atoms with van der Waals surface area (Å²) >= 11 is 0. The minimum absolute atomic E-state index is 0.581. The number of H-pyrrole nitrogens is 1. The molecule has 0 bridgehead atoms. The van der Waals surface area contributed by atoms with Crippen molar-refractivity contribution in [1.82, 2.24) is 10.3 Å². The van der Waals surface area contributed by atoms with Gasteiger partial charge < -0.3 is 10.3 Å². The molecular weight excluding hydrogens is 220 g/mol. The molecule has 0 aliphatic carbocycles. The fraction of sp³-hybridized carbons (Fsp3) is 0.500. The van der Waals surface area contributed by atoms with Gasteiger partial charge in [-0.05, 0) is 42.7 Å². The van der Waals surface area contributed by atoms with Crippen molar-refractivity contribution in [3.8, 4) is 0 Å². The maximum absolute atomic E-state index is 3.62. The van der Waals surface area contributed by atoms with Crippen LogP contribution in [0, 0.1) is 5.92 Å². The molecule has 0 saturated heterocycles. The summed E-state index contributed by atoms with van der Waals surface area (Å²) in [5.41, 5.74) is 2.62. The summed E-state index contributed by atoms with van der Waals surface area (Å²) in [6.07, 6.45) is 4.55. The van der Waals surface area contributed by atoms with Crippen LogP contribution in [0.15, 0.2) is 30.5 Å². The van der Waals surface area contributed by atoms with E-state index in [1.165, 1.54) is 29.3 Å². The van der Waals surface area contributed by atoms with Crippen molar-refractivity contribution in [2.45, 2.75) is 46.2 Å². The molecule has 2 aromatic rings. The molecule has 1 heterocycles. The first-order valence-corrected chi connectivity index (χ1v) is 6.95. The maximum Gasteiger partial charge on any atom is 0.0499 e. The molecular formula is C16H24N2. The Morgan fingerprint density at radius 1 is 1.11 bits per heavy atom. The molecule has 0 aliphatic rings. The predicted molar refractivity (Wildman–Crippen MR) is 78.7 cm³/mol. The van der Waals surface area contributed by atoms with Gasteiger partial charge in [-0.1, -0.05) is 32.0 Å². The SMILES string of the molecule is CC(C)CCC(C)NCc1cccc2cc[nH]c12. The van der Waals surface area contributed by atoms with Crippen molar-refractivity contribution in [3.63, 3.8) is 0 Å². The van der Waals surface area contributed by atoms with Crippen molar-refractivity contribution in [3.05, 3.63) is 36.0 Å². The molecule has 98 valence electrons. The largest absolute Gasteiger partial charge is 0.361 e. The molecule has 18 heavy (non-hydrogen) atoms. The zero-order chi connectivity index (χ0) is 13.0. The molecule has 1 unspecified atom stereocenters. The highest BCUT2D eigenvalue weighted by Gasteiger charge is 2.05. The van der Waals surface area contributed by atoms with Crippen LogP contribution in [0.25, 0.3) is 10.9 Å². The first kappa shape index (κ1) is 13.2. The Bertz CT molecular complexity index is 485. The minimum Gasteiger partial charge on any atom is -0.361 e. The van der Waals surface area contributed by atoms with Gasteiger partial charge in [0, 0.05) is 24.3 Å². The van der Waals surface area contributed by atoms with Crippen molar-refractivity contribution in [1.29, 1.82) is 0 Å². The molecule has 0 saturated carbocycles. The monoisotopic (exact) mass is 244 g/mol. The van der Waals surface area contributed by atoms with Crippen molar-refractivity contribution < 1.29 is 0 Å². The standard InChI is InChI=1S/C16H24N2/c1-12(2)7-8-13(3)18-11-15-6-4-5-14-9-10-17-16(14)15/h4-6,9-10,12-13,17-18H,7-8,11H2,1-3H3. The number of hydrogen-bond donors (Lipinski definition) is 2. The molecule has 0 radical (unpaired) electrons. The Morgan fingerprint density at radius 3 is 2.72 bits per heavy atom. The van der Waals surface area contributed by atoms with Crippen LogP contribution in [0.4, 0.5) is 0 Å². The van der Waals surface area contributed by atoms with Gasteiger partial charge in [-0.3, -0.25) is 0 Å². The lowest BCUT2D eigenvalue weighted by atomic mass is 10.0. The van der Waals surface area contributed by atoms with Crippen molar-refractivity contribution in [2.75, 3.05) is 0 Å². The fourth-order valence-corrected chi connectivity index (χ4v) is 2.27. The molecule has 1 atom stereocenters. The van der Waals surface area contributed by atoms with Crippen LogP contribution in [-0.4, -0.2) is 11.0 Å². The topological polar surface area (TPSA) is 27.8 Å². The van der Waals surface area contributed by atoms with Crippen LogP contribution in [0.2, 0.25) is 0 Å². The second-order valence-electron chi connectivity index (χ2n) is 5.61. The summed E-state index contributed by atoms with van der Waals surface area (Å²) in [6.45, 7) is 7.78. The third kappa shape index (κ3) is 3.36. The lowest BCUT2D eigenvalue weighted by molar-refractivity contribution is 0.451. The molecule has 0 aliphatic heterocycles. The van der Waals surface area contributed by atoms with Crippen LogP contribution >= 0.6 is 0 Å². The number of aromatic amines is 1. The number of hydrogen-bond acceptors (Lipinski definition) is 1. The third-order valence-corrected chi connectivity index (χ3v) is 3.49. The van der Waals surface area contributed by atoms with Gasteiger partial charge in [-0.25, -0.2) is 0 Å². The van der Waals surface area contributed by atoms with Crippen LogP contribution in [0.1, 0.15) is 39.2 Å². The summed E-state index contributed by atoms with van der Waals surface area (Å²) in [4.78, 5) is 3.32. The second-order valence-corrected chi connectivity index (χ2v) is 5.61. The summed E-state index contributed by atoms with van der Waals surface area (Å²) in [5.74, 6) is 0.793. The van der Waals surface area contributed by atoms with Gasteiger partial charge in [0.1, 0.15) is 0 Å². The molecule has 1 aromatic heterocycles. The van der Waals surface area contributed by atoms with Gasteiger partial charge in [-0.2, -0.15) is 0 Å². The molecule has 2 N–H and O–H groups in total. The Balaban J connectivity index is 1.91. The Labute approximate surface area is 110 Å². The minimum atomic E-state index is 0.581. The van der Waals surface area contributed by atoms with Gasteiger partial charge in [0.25, 0.3) is 0 Å². The zero-order valence-electron chi connectivity index (χ0n) is 11.7. The van der Waals surface area contributed by atoms with Gasteiger partial charge in [-0.15, -0.1) is 0 Å². The van der Waals surface area contributed by atoms with Gasteiger partial charge >= 0.3 is 0 Å². The summed E-state index contributed by atoms with van der Waals surface area (Å²) in [6, 6.07) is 9.18. The van der Waals surface area contributed by atoms with E-state index in [2.05, 4.69) is 55.3 Å². The summed E-state index contributed by atoms with van der Waals surface area (Å²) in [5, 5.41) is 4.91. The Hall–Kier alpha value is -1.28.